The lowest BCUT2D eigenvalue weighted by molar-refractivity contribution is -0.121. The van der Waals surface area contributed by atoms with E-state index in [4.69, 9.17) is 16.3 Å². The lowest BCUT2D eigenvalue weighted by Gasteiger charge is -2.26. The Morgan fingerprint density at radius 3 is 2.37 bits per heavy atom. The van der Waals surface area contributed by atoms with Crippen LogP contribution in [-0.2, 0) is 26.0 Å². The summed E-state index contributed by atoms with van der Waals surface area (Å²) in [7, 11) is -3.51. The van der Waals surface area contributed by atoms with Crippen LogP contribution in [0, 0.1) is 0 Å². The zero-order chi connectivity index (χ0) is 21.6. The Kier molecular flexibility index (Phi) is 7.60. The third kappa shape index (κ3) is 5.89. The van der Waals surface area contributed by atoms with Crippen LogP contribution in [0.3, 0.4) is 0 Å². The van der Waals surface area contributed by atoms with Crippen LogP contribution in [0.15, 0.2) is 58.5 Å². The summed E-state index contributed by atoms with van der Waals surface area (Å²) in [4.78, 5) is 12.3. The van der Waals surface area contributed by atoms with E-state index < -0.39 is 10.0 Å². The van der Waals surface area contributed by atoms with Gasteiger partial charge in [0.2, 0.25) is 15.9 Å². The van der Waals surface area contributed by atoms with Gasteiger partial charge in [0.1, 0.15) is 0 Å². The second-order valence-corrected chi connectivity index (χ2v) is 9.27. The van der Waals surface area contributed by atoms with Gasteiger partial charge >= 0.3 is 0 Å². The first-order chi connectivity index (χ1) is 14.4. The molecular weight excluding hydrogens is 426 g/mol. The molecule has 2 aromatic rings. The first-order valence-electron chi connectivity index (χ1n) is 9.62. The minimum absolute atomic E-state index is 0.215. The van der Waals surface area contributed by atoms with Gasteiger partial charge in [-0.25, -0.2) is 13.8 Å². The topological polar surface area (TPSA) is 88.1 Å². The summed E-state index contributed by atoms with van der Waals surface area (Å²) in [6.07, 6.45) is 0.728. The van der Waals surface area contributed by atoms with Crippen LogP contribution in [-0.4, -0.2) is 50.6 Å². The number of nitrogens with one attached hydrogen (secondary N) is 1. The molecule has 2 aromatic carbocycles. The highest BCUT2D eigenvalue weighted by atomic mass is 35.5. The molecule has 1 aliphatic rings. The van der Waals surface area contributed by atoms with E-state index >= 15 is 0 Å². The molecule has 0 aromatic heterocycles. The molecule has 1 N–H and O–H groups in total. The lowest BCUT2D eigenvalue weighted by atomic mass is 10.1. The van der Waals surface area contributed by atoms with Gasteiger partial charge in [-0.2, -0.15) is 9.41 Å². The van der Waals surface area contributed by atoms with Crippen LogP contribution in [0.5, 0.6) is 0 Å². The number of aryl methyl sites for hydroxylation is 1. The Bertz CT molecular complexity index is 1000. The molecular formula is C21H24ClN3O4S. The molecule has 0 spiro atoms. The number of hydrazone groups is 1. The molecule has 1 amide bonds. The highest BCUT2D eigenvalue weighted by molar-refractivity contribution is 7.89. The van der Waals surface area contributed by atoms with Crippen molar-refractivity contribution in [3.63, 3.8) is 0 Å². The highest BCUT2D eigenvalue weighted by Gasteiger charge is 2.26. The van der Waals surface area contributed by atoms with E-state index in [2.05, 4.69) is 10.5 Å². The van der Waals surface area contributed by atoms with Gasteiger partial charge in [0, 0.05) is 24.5 Å². The van der Waals surface area contributed by atoms with Crippen molar-refractivity contribution in [1.82, 2.24) is 9.73 Å². The minimum Gasteiger partial charge on any atom is -0.379 e. The van der Waals surface area contributed by atoms with E-state index in [9.17, 15) is 13.2 Å². The summed E-state index contributed by atoms with van der Waals surface area (Å²) < 4.78 is 31.9. The number of hydrogen-bond acceptors (Lipinski definition) is 5. The SMILES string of the molecule is C/C(=N\NC(=O)CCc1ccc(S(=O)(=O)N2CCOCC2)cc1)c1ccc(Cl)cc1. The van der Waals surface area contributed by atoms with E-state index in [0.717, 1.165) is 11.1 Å². The van der Waals surface area contributed by atoms with E-state index in [-0.39, 0.29) is 17.2 Å². The van der Waals surface area contributed by atoms with Crippen molar-refractivity contribution in [2.24, 2.45) is 5.10 Å². The number of amides is 1. The quantitative estimate of drug-likeness (QED) is 0.520. The number of halogens is 1. The van der Waals surface area contributed by atoms with Crippen molar-refractivity contribution in [3.8, 4) is 0 Å². The van der Waals surface area contributed by atoms with Gasteiger partial charge in [0.25, 0.3) is 0 Å². The molecule has 1 fully saturated rings. The van der Waals surface area contributed by atoms with Gasteiger partial charge in [0.05, 0.1) is 23.8 Å². The predicted octanol–water partition coefficient (Wildman–Crippen LogP) is 2.83. The Balaban J connectivity index is 1.52. The molecule has 1 heterocycles. The van der Waals surface area contributed by atoms with Crippen molar-refractivity contribution >= 4 is 33.2 Å². The smallest absolute Gasteiger partial charge is 0.243 e. The van der Waals surface area contributed by atoms with Gasteiger partial charge in [-0.1, -0.05) is 35.9 Å². The first kappa shape index (κ1) is 22.4. The molecule has 0 radical (unpaired) electrons. The Morgan fingerprint density at radius 1 is 1.10 bits per heavy atom. The van der Waals surface area contributed by atoms with E-state index in [1.165, 1.54) is 4.31 Å². The lowest BCUT2D eigenvalue weighted by Crippen LogP contribution is -2.40. The first-order valence-corrected chi connectivity index (χ1v) is 11.4. The number of rotatable bonds is 7. The maximum absolute atomic E-state index is 12.6. The second-order valence-electron chi connectivity index (χ2n) is 6.90. The van der Waals surface area contributed by atoms with Gasteiger partial charge in [-0.05, 0) is 48.7 Å². The Labute approximate surface area is 181 Å². The van der Waals surface area contributed by atoms with E-state index in [1.807, 2.05) is 12.1 Å². The summed E-state index contributed by atoms with van der Waals surface area (Å²) in [6.45, 7) is 3.34. The molecule has 30 heavy (non-hydrogen) atoms. The number of carbonyl (C=O) groups excluding carboxylic acids is 1. The molecule has 160 valence electrons. The minimum atomic E-state index is -3.51. The third-order valence-corrected chi connectivity index (χ3v) is 6.95. The number of morpholine rings is 1. The van der Waals surface area contributed by atoms with Gasteiger partial charge in [0.15, 0.2) is 0 Å². The number of nitrogens with zero attached hydrogens (tertiary/aromatic N) is 2. The van der Waals surface area contributed by atoms with Crippen LogP contribution in [0.4, 0.5) is 0 Å². The van der Waals surface area contributed by atoms with Gasteiger partial charge in [-0.3, -0.25) is 4.79 Å². The molecule has 9 heteroatoms. The molecule has 7 nitrogen and oxygen atoms in total. The zero-order valence-corrected chi connectivity index (χ0v) is 18.2. The largest absolute Gasteiger partial charge is 0.379 e. The molecule has 1 saturated heterocycles. The van der Waals surface area contributed by atoms with Crippen molar-refractivity contribution in [2.45, 2.75) is 24.7 Å². The number of carbonyl (C=O) groups is 1. The predicted molar refractivity (Wildman–Crippen MR) is 116 cm³/mol. The maximum Gasteiger partial charge on any atom is 0.243 e. The van der Waals surface area contributed by atoms with Crippen molar-refractivity contribution in [3.05, 3.63) is 64.7 Å². The molecule has 0 unspecified atom stereocenters. The fraction of sp³-hybridized carbons (Fsp3) is 0.333. The van der Waals surface area contributed by atoms with Gasteiger partial charge in [-0.15, -0.1) is 0 Å². The standard InChI is InChI=1S/C21H24ClN3O4S/c1-16(18-5-7-19(22)8-6-18)23-24-21(26)11-4-17-2-9-20(10-3-17)30(27,28)25-12-14-29-15-13-25/h2-3,5-10H,4,11-15H2,1H3,(H,24,26)/b23-16+. The summed E-state index contributed by atoms with van der Waals surface area (Å²) in [5.41, 5.74) is 4.98. The number of sulfonamides is 1. The molecule has 0 aliphatic carbocycles. The zero-order valence-electron chi connectivity index (χ0n) is 16.7. The van der Waals surface area contributed by atoms with Crippen molar-refractivity contribution in [2.75, 3.05) is 26.3 Å². The molecule has 0 atom stereocenters. The fourth-order valence-electron chi connectivity index (χ4n) is 2.98. The monoisotopic (exact) mass is 449 g/mol. The molecule has 3 rings (SSSR count). The van der Waals surface area contributed by atoms with Crippen LogP contribution in [0.25, 0.3) is 0 Å². The normalized spacial score (nSPS) is 15.7. The number of hydrogen-bond donors (Lipinski definition) is 1. The summed E-state index contributed by atoms with van der Waals surface area (Å²) >= 11 is 5.87. The van der Waals surface area contributed by atoms with Crippen molar-refractivity contribution in [1.29, 1.82) is 0 Å². The average molecular weight is 450 g/mol. The Morgan fingerprint density at radius 2 is 1.73 bits per heavy atom. The summed E-state index contributed by atoms with van der Waals surface area (Å²) in [5.74, 6) is -0.215. The number of ether oxygens (including phenoxy) is 1. The van der Waals surface area contributed by atoms with E-state index in [1.54, 1.807) is 43.3 Å². The second kappa shape index (κ2) is 10.2. The van der Waals surface area contributed by atoms with Crippen LogP contribution in [0.1, 0.15) is 24.5 Å². The third-order valence-electron chi connectivity index (χ3n) is 4.78. The van der Waals surface area contributed by atoms with Crippen LogP contribution in [0.2, 0.25) is 5.02 Å². The fourth-order valence-corrected chi connectivity index (χ4v) is 4.51. The average Bonchev–Trinajstić information content (AvgIpc) is 2.77. The maximum atomic E-state index is 12.6. The van der Waals surface area contributed by atoms with E-state index in [0.29, 0.717) is 43.5 Å². The van der Waals surface area contributed by atoms with Gasteiger partial charge < -0.3 is 4.74 Å². The molecule has 1 aliphatic heterocycles. The van der Waals surface area contributed by atoms with Crippen LogP contribution < -0.4 is 5.43 Å². The highest BCUT2D eigenvalue weighted by Crippen LogP contribution is 2.18. The van der Waals surface area contributed by atoms with Crippen molar-refractivity contribution < 1.29 is 17.9 Å². The number of benzene rings is 2. The molecule has 0 bridgehead atoms. The van der Waals surface area contributed by atoms with Crippen LogP contribution >= 0.6 is 11.6 Å². The Hall–Kier alpha value is -2.26. The summed E-state index contributed by atoms with van der Waals surface area (Å²) in [6, 6.07) is 13.8. The summed E-state index contributed by atoms with van der Waals surface area (Å²) in [5, 5.41) is 4.75. The molecule has 0 saturated carbocycles.